The number of fused-ring (bicyclic) bond motifs is 1. The van der Waals surface area contributed by atoms with Gasteiger partial charge in [0.1, 0.15) is 5.82 Å². The number of nitrogens with zero attached hydrogens (tertiary/aromatic N) is 3. The van der Waals surface area contributed by atoms with Crippen LogP contribution < -0.4 is 22.1 Å². The molecular formula is C22H23ClFN7OS. The number of hydrogen-bond donors (Lipinski definition) is 4. The summed E-state index contributed by atoms with van der Waals surface area (Å²) in [6, 6.07) is 9.46. The highest BCUT2D eigenvalue weighted by molar-refractivity contribution is 7.16. The van der Waals surface area contributed by atoms with Crippen molar-refractivity contribution >= 4 is 57.1 Å². The minimum absolute atomic E-state index is 0.0641. The fourth-order valence-electron chi connectivity index (χ4n) is 3.57. The van der Waals surface area contributed by atoms with Crippen LogP contribution in [0.5, 0.6) is 0 Å². The van der Waals surface area contributed by atoms with E-state index in [9.17, 15) is 9.18 Å². The van der Waals surface area contributed by atoms with E-state index in [4.69, 9.17) is 23.1 Å². The van der Waals surface area contributed by atoms with Gasteiger partial charge >= 0.3 is 0 Å². The van der Waals surface area contributed by atoms with Crippen LogP contribution in [0.1, 0.15) is 35.1 Å². The van der Waals surface area contributed by atoms with Gasteiger partial charge in [0.2, 0.25) is 0 Å². The third-order valence-electron chi connectivity index (χ3n) is 5.20. The van der Waals surface area contributed by atoms with Gasteiger partial charge in [-0.3, -0.25) is 9.48 Å². The van der Waals surface area contributed by atoms with E-state index in [-0.39, 0.29) is 23.2 Å². The van der Waals surface area contributed by atoms with Gasteiger partial charge in [0.15, 0.2) is 11.6 Å². The Hall–Kier alpha value is -3.21. The number of nitrogens with one attached hydrogen (secondary N) is 2. The Morgan fingerprint density at radius 2 is 2.09 bits per heavy atom. The highest BCUT2D eigenvalue weighted by atomic mass is 35.5. The van der Waals surface area contributed by atoms with E-state index in [0.29, 0.717) is 16.6 Å². The molecule has 6 N–H and O–H groups in total. The fraction of sp³-hybridized carbons (Fsp3) is 0.227. The summed E-state index contributed by atoms with van der Waals surface area (Å²) >= 11 is 7.41. The zero-order valence-corrected chi connectivity index (χ0v) is 19.5. The first-order chi connectivity index (χ1) is 15.8. The second-order valence-corrected chi connectivity index (χ2v) is 9.27. The Morgan fingerprint density at radius 3 is 2.73 bits per heavy atom. The number of thiophene rings is 1. The predicted molar refractivity (Wildman–Crippen MR) is 131 cm³/mol. The number of aromatic nitrogens is 3. The van der Waals surface area contributed by atoms with E-state index in [2.05, 4.69) is 20.7 Å². The molecule has 3 heterocycles. The number of hydrogen-bond acceptors (Lipinski definition) is 7. The van der Waals surface area contributed by atoms with Crippen LogP contribution in [-0.4, -0.2) is 26.7 Å². The van der Waals surface area contributed by atoms with Crippen molar-refractivity contribution in [2.24, 2.45) is 11.5 Å². The number of nitrogens with two attached hydrogens (primary N) is 2. The zero-order valence-electron chi connectivity index (χ0n) is 18.0. The second-order valence-electron chi connectivity index (χ2n) is 7.53. The molecule has 1 aromatic carbocycles. The molecule has 2 atom stereocenters. The highest BCUT2D eigenvalue weighted by Gasteiger charge is 2.23. The molecule has 3 aromatic heterocycles. The molecule has 0 unspecified atom stereocenters. The highest BCUT2D eigenvalue weighted by Crippen LogP contribution is 2.33. The summed E-state index contributed by atoms with van der Waals surface area (Å²) in [5, 5.41) is 11.4. The fourth-order valence-corrected chi connectivity index (χ4v) is 4.80. The monoisotopic (exact) mass is 487 g/mol. The molecule has 1 amide bonds. The lowest BCUT2D eigenvalue weighted by Gasteiger charge is -2.23. The lowest BCUT2D eigenvalue weighted by atomic mass is 10.1. The van der Waals surface area contributed by atoms with Crippen molar-refractivity contribution in [3.63, 3.8) is 0 Å². The van der Waals surface area contributed by atoms with Gasteiger partial charge in [0, 0.05) is 22.8 Å². The first kappa shape index (κ1) is 23.0. The van der Waals surface area contributed by atoms with Crippen molar-refractivity contribution in [1.29, 1.82) is 0 Å². The molecule has 0 saturated carbocycles. The lowest BCUT2D eigenvalue weighted by Crippen LogP contribution is -2.30. The van der Waals surface area contributed by atoms with Crippen LogP contribution in [0.4, 0.5) is 21.7 Å². The molecule has 8 nitrogen and oxygen atoms in total. The number of amides is 1. The van der Waals surface area contributed by atoms with Crippen molar-refractivity contribution in [2.75, 3.05) is 10.6 Å². The van der Waals surface area contributed by atoms with Crippen LogP contribution >= 0.6 is 22.9 Å². The third-order valence-corrected chi connectivity index (χ3v) is 6.51. The van der Waals surface area contributed by atoms with Crippen LogP contribution in [0.2, 0.25) is 4.34 Å². The number of carbonyl (C=O) groups excluding carboxylic acids is 1. The van der Waals surface area contributed by atoms with Gasteiger partial charge in [-0.05, 0) is 44.2 Å². The Bertz CT molecular complexity index is 1320. The summed E-state index contributed by atoms with van der Waals surface area (Å²) in [7, 11) is 0. The topological polar surface area (TPSA) is 124 Å². The molecule has 33 heavy (non-hydrogen) atoms. The van der Waals surface area contributed by atoms with Gasteiger partial charge in [-0.25, -0.2) is 9.37 Å². The second kappa shape index (κ2) is 9.34. The first-order valence-corrected chi connectivity index (χ1v) is 11.5. The van der Waals surface area contributed by atoms with Crippen molar-refractivity contribution < 1.29 is 9.18 Å². The summed E-state index contributed by atoms with van der Waals surface area (Å²) in [6.45, 7) is 4.49. The van der Waals surface area contributed by atoms with Crippen LogP contribution in [0.15, 0.2) is 42.6 Å². The predicted octanol–water partition coefficient (Wildman–Crippen LogP) is 4.65. The molecular weight excluding hydrogens is 465 g/mol. The maximum Gasteiger partial charge on any atom is 0.252 e. The first-order valence-electron chi connectivity index (χ1n) is 10.3. The Balaban J connectivity index is 1.75. The molecule has 172 valence electrons. The SMILES string of the molecule is CCn1ncc2c(Nc3nc(N[C@H](c4ccc(Cl)s4)[C@H](C)N)c(F)cc3C(N)=O)cccc21. The average Bonchev–Trinajstić information content (AvgIpc) is 3.39. The molecule has 4 rings (SSSR count). The van der Waals surface area contributed by atoms with Gasteiger partial charge in [-0.2, -0.15) is 5.10 Å². The maximum absolute atomic E-state index is 14.9. The largest absolute Gasteiger partial charge is 0.365 e. The molecule has 0 fully saturated rings. The van der Waals surface area contributed by atoms with Crippen LogP contribution in [0, 0.1) is 5.82 Å². The summed E-state index contributed by atoms with van der Waals surface area (Å²) in [5.41, 5.74) is 13.2. The molecule has 4 aromatic rings. The Morgan fingerprint density at radius 1 is 1.30 bits per heavy atom. The van der Waals surface area contributed by atoms with Crippen molar-refractivity contribution in [2.45, 2.75) is 32.5 Å². The third kappa shape index (κ3) is 4.63. The molecule has 0 aliphatic carbocycles. The minimum Gasteiger partial charge on any atom is -0.365 e. The molecule has 0 aliphatic heterocycles. The van der Waals surface area contributed by atoms with Gasteiger partial charge in [0.05, 0.1) is 33.3 Å². The number of carbonyl (C=O) groups is 1. The summed E-state index contributed by atoms with van der Waals surface area (Å²) < 4.78 is 17.4. The molecule has 0 saturated heterocycles. The number of rotatable bonds is 8. The number of benzene rings is 1. The molecule has 0 radical (unpaired) electrons. The van der Waals surface area contributed by atoms with Crippen LogP contribution in [0.25, 0.3) is 10.9 Å². The normalized spacial score (nSPS) is 13.1. The molecule has 0 bridgehead atoms. The number of primary amides is 1. The van der Waals surface area contributed by atoms with Gasteiger partial charge < -0.3 is 22.1 Å². The molecule has 0 aliphatic rings. The Kier molecular flexibility index (Phi) is 6.50. The summed E-state index contributed by atoms with van der Waals surface area (Å²) in [6.07, 6.45) is 1.72. The van der Waals surface area contributed by atoms with Gasteiger partial charge in [0.25, 0.3) is 5.91 Å². The lowest BCUT2D eigenvalue weighted by molar-refractivity contribution is 0.100. The van der Waals surface area contributed by atoms with Crippen LogP contribution in [-0.2, 0) is 6.54 Å². The number of pyridine rings is 1. The number of aryl methyl sites for hydroxylation is 1. The van der Waals surface area contributed by atoms with E-state index in [1.54, 1.807) is 19.2 Å². The van der Waals surface area contributed by atoms with E-state index in [0.717, 1.165) is 21.8 Å². The standard InChI is InChI=1S/C22H23ClFN7OS/c1-3-31-16-6-4-5-15(13(16)10-27-31)28-21-12(20(26)32)9-14(24)22(30-21)29-19(11(2)25)17-7-8-18(23)33-17/h4-11,19H,3,25H2,1-2H3,(H2,26,32)(H2,28,29,30)/t11-,19-/m0/s1. The molecule has 11 heteroatoms. The van der Waals surface area contributed by atoms with Crippen molar-refractivity contribution in [3.8, 4) is 0 Å². The van der Waals surface area contributed by atoms with E-state index in [1.807, 2.05) is 35.9 Å². The quantitative estimate of drug-likeness (QED) is 0.287. The average molecular weight is 488 g/mol. The van der Waals surface area contributed by atoms with E-state index >= 15 is 0 Å². The maximum atomic E-state index is 14.9. The number of halogens is 2. The zero-order chi connectivity index (χ0) is 23.7. The summed E-state index contributed by atoms with van der Waals surface area (Å²) in [4.78, 5) is 17.3. The van der Waals surface area contributed by atoms with Crippen molar-refractivity contribution in [1.82, 2.24) is 14.8 Å². The smallest absolute Gasteiger partial charge is 0.252 e. The number of anilines is 3. The Labute approximate surface area is 198 Å². The minimum atomic E-state index is -0.805. The van der Waals surface area contributed by atoms with Crippen LogP contribution in [0.3, 0.4) is 0 Å². The summed E-state index contributed by atoms with van der Waals surface area (Å²) in [5.74, 6) is -1.47. The van der Waals surface area contributed by atoms with Crippen molar-refractivity contribution in [3.05, 3.63) is 63.2 Å². The van der Waals surface area contributed by atoms with E-state index < -0.39 is 17.8 Å². The molecule has 0 spiro atoms. The van der Waals surface area contributed by atoms with E-state index in [1.165, 1.54) is 11.3 Å². The van der Waals surface area contributed by atoms with Gasteiger partial charge in [-0.15, -0.1) is 11.3 Å². The van der Waals surface area contributed by atoms with Gasteiger partial charge in [-0.1, -0.05) is 17.7 Å².